The van der Waals surface area contributed by atoms with Crippen molar-refractivity contribution in [2.75, 3.05) is 0 Å². The highest BCUT2D eigenvalue weighted by molar-refractivity contribution is 7.78. The normalized spacial score (nSPS) is 9.17. The van der Waals surface area contributed by atoms with Gasteiger partial charge in [-0.25, -0.2) is 0 Å². The van der Waals surface area contributed by atoms with Gasteiger partial charge in [0, 0.05) is 0 Å². The fraction of sp³-hybridized carbons (Fsp3) is 0.300. The lowest BCUT2D eigenvalue weighted by atomic mass is 10.1. The second kappa shape index (κ2) is 4.15. The SMILES string of the molecule is CCc1cccc(N=C=S)c1C. The lowest BCUT2D eigenvalue weighted by Gasteiger charge is -2.03. The van der Waals surface area contributed by atoms with Crippen LogP contribution in [-0.4, -0.2) is 5.16 Å². The molecule has 0 heterocycles. The molecule has 0 bridgehead atoms. The molecule has 0 unspecified atom stereocenters. The molecule has 0 aliphatic rings. The first-order chi connectivity index (χ1) is 5.79. The number of hydrogen-bond donors (Lipinski definition) is 0. The number of aliphatic imine (C=N–C) groups is 1. The Morgan fingerprint density at radius 3 is 2.83 bits per heavy atom. The van der Waals surface area contributed by atoms with Gasteiger partial charge in [0.1, 0.15) is 0 Å². The molecule has 0 aliphatic heterocycles. The van der Waals surface area contributed by atoms with Crippen LogP contribution in [0.1, 0.15) is 18.1 Å². The summed E-state index contributed by atoms with van der Waals surface area (Å²) in [6, 6.07) is 6.06. The smallest absolute Gasteiger partial charge is 0.0771 e. The molecule has 1 aromatic carbocycles. The van der Waals surface area contributed by atoms with Crippen molar-refractivity contribution in [1.82, 2.24) is 0 Å². The highest BCUT2D eigenvalue weighted by Crippen LogP contribution is 2.21. The molecule has 0 atom stereocenters. The monoisotopic (exact) mass is 177 g/mol. The van der Waals surface area contributed by atoms with Crippen LogP contribution in [0, 0.1) is 6.92 Å². The second-order valence-corrected chi connectivity index (χ2v) is 2.80. The molecule has 0 fully saturated rings. The van der Waals surface area contributed by atoms with Crippen molar-refractivity contribution in [1.29, 1.82) is 0 Å². The lowest BCUT2D eigenvalue weighted by molar-refractivity contribution is 1.11. The third-order valence-electron chi connectivity index (χ3n) is 1.96. The van der Waals surface area contributed by atoms with Gasteiger partial charge in [-0.15, -0.1) is 0 Å². The molecular formula is C10H11NS. The number of nitrogens with zero attached hydrogens (tertiary/aromatic N) is 1. The van der Waals surface area contributed by atoms with E-state index in [1.165, 1.54) is 11.1 Å². The summed E-state index contributed by atoms with van der Waals surface area (Å²) in [5, 5.41) is 2.38. The first-order valence-corrected chi connectivity index (χ1v) is 4.36. The zero-order chi connectivity index (χ0) is 8.97. The third kappa shape index (κ3) is 1.79. The van der Waals surface area contributed by atoms with Gasteiger partial charge in [-0.05, 0) is 42.8 Å². The van der Waals surface area contributed by atoms with Crippen molar-refractivity contribution in [2.45, 2.75) is 20.3 Å². The summed E-state index contributed by atoms with van der Waals surface area (Å²) in [6.45, 7) is 4.19. The minimum absolute atomic E-state index is 0.935. The van der Waals surface area contributed by atoms with Gasteiger partial charge in [0.05, 0.1) is 10.8 Å². The van der Waals surface area contributed by atoms with Gasteiger partial charge in [-0.3, -0.25) is 0 Å². The zero-order valence-corrected chi connectivity index (χ0v) is 8.11. The van der Waals surface area contributed by atoms with Crippen molar-refractivity contribution in [3.05, 3.63) is 29.3 Å². The van der Waals surface area contributed by atoms with Crippen LogP contribution in [0.2, 0.25) is 0 Å². The van der Waals surface area contributed by atoms with E-state index in [4.69, 9.17) is 0 Å². The Hall–Kier alpha value is -0.980. The molecule has 1 aromatic rings. The number of aryl methyl sites for hydroxylation is 1. The van der Waals surface area contributed by atoms with Crippen molar-refractivity contribution in [2.24, 2.45) is 4.99 Å². The fourth-order valence-corrected chi connectivity index (χ4v) is 1.32. The minimum Gasteiger partial charge on any atom is -0.194 e. The molecule has 0 amide bonds. The number of hydrogen-bond acceptors (Lipinski definition) is 2. The highest BCUT2D eigenvalue weighted by atomic mass is 32.1. The summed E-state index contributed by atoms with van der Waals surface area (Å²) >= 11 is 4.56. The van der Waals surface area contributed by atoms with E-state index >= 15 is 0 Å². The summed E-state index contributed by atoms with van der Waals surface area (Å²) in [5.41, 5.74) is 3.46. The van der Waals surface area contributed by atoms with Crippen molar-refractivity contribution in [3.63, 3.8) is 0 Å². The van der Waals surface area contributed by atoms with Crippen LogP contribution >= 0.6 is 12.2 Å². The first-order valence-electron chi connectivity index (χ1n) is 3.96. The summed E-state index contributed by atoms with van der Waals surface area (Å²) in [5.74, 6) is 0. The maximum absolute atomic E-state index is 4.56. The van der Waals surface area contributed by atoms with Crippen LogP contribution in [0.5, 0.6) is 0 Å². The van der Waals surface area contributed by atoms with E-state index < -0.39 is 0 Å². The average Bonchev–Trinajstić information content (AvgIpc) is 2.09. The molecule has 0 N–H and O–H groups in total. The van der Waals surface area contributed by atoms with E-state index in [0.29, 0.717) is 0 Å². The maximum Gasteiger partial charge on any atom is 0.0771 e. The van der Waals surface area contributed by atoms with E-state index in [2.05, 4.69) is 42.3 Å². The third-order valence-corrected chi connectivity index (χ3v) is 2.06. The van der Waals surface area contributed by atoms with Gasteiger partial charge in [0.2, 0.25) is 0 Å². The Balaban J connectivity index is 3.22. The van der Waals surface area contributed by atoms with Gasteiger partial charge in [-0.1, -0.05) is 19.1 Å². The molecule has 1 rings (SSSR count). The molecule has 1 nitrogen and oxygen atoms in total. The summed E-state index contributed by atoms with van der Waals surface area (Å²) in [6.07, 6.45) is 1.03. The minimum atomic E-state index is 0.935. The van der Waals surface area contributed by atoms with Crippen LogP contribution < -0.4 is 0 Å². The van der Waals surface area contributed by atoms with E-state index in [9.17, 15) is 0 Å². The summed E-state index contributed by atoms with van der Waals surface area (Å²) in [7, 11) is 0. The summed E-state index contributed by atoms with van der Waals surface area (Å²) in [4.78, 5) is 3.98. The van der Waals surface area contributed by atoms with E-state index in [-0.39, 0.29) is 0 Å². The number of isothiocyanates is 1. The average molecular weight is 177 g/mol. The number of benzene rings is 1. The predicted octanol–water partition coefficient (Wildman–Crippen LogP) is 3.29. The van der Waals surface area contributed by atoms with Crippen LogP contribution in [0.15, 0.2) is 23.2 Å². The van der Waals surface area contributed by atoms with E-state index in [0.717, 1.165) is 12.1 Å². The Labute approximate surface area is 78.1 Å². The summed E-state index contributed by atoms with van der Waals surface area (Å²) < 4.78 is 0. The zero-order valence-electron chi connectivity index (χ0n) is 7.29. The second-order valence-electron chi connectivity index (χ2n) is 2.62. The van der Waals surface area contributed by atoms with Crippen molar-refractivity contribution < 1.29 is 0 Å². The Bertz CT molecular complexity index is 325. The van der Waals surface area contributed by atoms with Crippen molar-refractivity contribution in [3.8, 4) is 0 Å². The molecular weight excluding hydrogens is 166 g/mol. The van der Waals surface area contributed by atoms with E-state index in [1.807, 2.05) is 12.1 Å². The molecule has 2 heteroatoms. The van der Waals surface area contributed by atoms with E-state index in [1.54, 1.807) is 0 Å². The predicted molar refractivity (Wildman–Crippen MR) is 55.2 cm³/mol. The number of rotatable bonds is 2. The van der Waals surface area contributed by atoms with Crippen LogP contribution in [0.25, 0.3) is 0 Å². The molecule has 12 heavy (non-hydrogen) atoms. The largest absolute Gasteiger partial charge is 0.194 e. The first kappa shape index (κ1) is 9.11. The molecule has 0 saturated heterocycles. The van der Waals surface area contributed by atoms with Crippen molar-refractivity contribution >= 4 is 23.1 Å². The Kier molecular flexibility index (Phi) is 3.15. The quantitative estimate of drug-likeness (QED) is 0.499. The topological polar surface area (TPSA) is 12.4 Å². The standard InChI is InChI=1S/C10H11NS/c1-3-9-5-4-6-10(8(9)2)11-7-12/h4-6H,3H2,1-2H3. The van der Waals surface area contributed by atoms with Crippen LogP contribution in [-0.2, 0) is 6.42 Å². The molecule has 0 aromatic heterocycles. The van der Waals surface area contributed by atoms with Gasteiger partial charge < -0.3 is 0 Å². The number of thiocarbonyl (C=S) groups is 1. The fourth-order valence-electron chi connectivity index (χ4n) is 1.22. The maximum atomic E-state index is 4.56. The van der Waals surface area contributed by atoms with Gasteiger partial charge in [0.15, 0.2) is 0 Å². The molecule has 62 valence electrons. The van der Waals surface area contributed by atoms with Gasteiger partial charge in [0.25, 0.3) is 0 Å². The molecule has 0 aliphatic carbocycles. The van der Waals surface area contributed by atoms with Gasteiger partial charge in [-0.2, -0.15) is 4.99 Å². The molecule has 0 saturated carbocycles. The van der Waals surface area contributed by atoms with Crippen LogP contribution in [0.3, 0.4) is 0 Å². The highest BCUT2D eigenvalue weighted by Gasteiger charge is 1.99. The Morgan fingerprint density at radius 2 is 2.25 bits per heavy atom. The Morgan fingerprint density at radius 1 is 1.50 bits per heavy atom. The van der Waals surface area contributed by atoms with Crippen LogP contribution in [0.4, 0.5) is 5.69 Å². The van der Waals surface area contributed by atoms with Gasteiger partial charge >= 0.3 is 0 Å². The lowest BCUT2D eigenvalue weighted by Crippen LogP contribution is -1.85. The molecule has 0 radical (unpaired) electrons. The molecule has 0 spiro atoms.